The molecule has 3 aromatic carbocycles. The Kier molecular flexibility index (Phi) is 6.98. The van der Waals surface area contributed by atoms with Gasteiger partial charge in [0.15, 0.2) is 0 Å². The summed E-state index contributed by atoms with van der Waals surface area (Å²) in [5.74, 6) is -0.431. The number of rotatable bonds is 6. The predicted octanol–water partition coefficient (Wildman–Crippen LogP) is 4.34. The lowest BCUT2D eigenvalue weighted by Gasteiger charge is -2.15. The number of amides is 2. The summed E-state index contributed by atoms with van der Waals surface area (Å²) in [4.78, 5) is 25.4. The number of benzene rings is 3. The smallest absolute Gasteiger partial charge is 0.255 e. The summed E-state index contributed by atoms with van der Waals surface area (Å²) in [6.45, 7) is 4.16. The minimum atomic E-state index is -0.228. The van der Waals surface area contributed by atoms with Gasteiger partial charge in [0, 0.05) is 35.6 Å². The fourth-order valence-corrected chi connectivity index (χ4v) is 3.84. The van der Waals surface area contributed by atoms with Gasteiger partial charge >= 0.3 is 0 Å². The van der Waals surface area contributed by atoms with Crippen LogP contribution in [0.1, 0.15) is 43.8 Å². The van der Waals surface area contributed by atoms with Gasteiger partial charge in [-0.1, -0.05) is 30.3 Å². The van der Waals surface area contributed by atoms with Crippen LogP contribution in [-0.4, -0.2) is 24.9 Å². The van der Waals surface area contributed by atoms with Crippen LogP contribution >= 0.6 is 0 Å². The maximum atomic E-state index is 12.8. The van der Waals surface area contributed by atoms with Crippen LogP contribution in [0.15, 0.2) is 72.8 Å². The van der Waals surface area contributed by atoms with Crippen molar-refractivity contribution < 1.29 is 9.59 Å². The van der Waals surface area contributed by atoms with Crippen LogP contribution in [0.3, 0.4) is 0 Å². The van der Waals surface area contributed by atoms with Crippen molar-refractivity contribution in [3.8, 4) is 0 Å². The molecule has 2 amide bonds. The zero-order chi connectivity index (χ0) is 23.2. The highest BCUT2D eigenvalue weighted by Gasteiger charge is 2.14. The molecule has 0 unspecified atom stereocenters. The first-order valence-corrected chi connectivity index (χ1v) is 11.1. The molecule has 0 radical (unpaired) electrons. The molecule has 6 heteroatoms. The molecule has 0 atom stereocenters. The van der Waals surface area contributed by atoms with Gasteiger partial charge in [-0.25, -0.2) is 0 Å². The van der Waals surface area contributed by atoms with Crippen LogP contribution in [0.4, 0.5) is 11.4 Å². The summed E-state index contributed by atoms with van der Waals surface area (Å²) in [7, 11) is 0. The number of carbonyl (C=O) groups is 2. The van der Waals surface area contributed by atoms with Crippen molar-refractivity contribution in [3.05, 3.63) is 101 Å². The molecule has 3 aromatic rings. The average molecular weight is 441 g/mol. The zero-order valence-electron chi connectivity index (χ0n) is 18.7. The van der Waals surface area contributed by atoms with E-state index in [2.05, 4.69) is 22.0 Å². The van der Waals surface area contributed by atoms with Crippen molar-refractivity contribution in [1.82, 2.24) is 5.32 Å². The Bertz CT molecular complexity index is 1180. The SMILES string of the molecule is Cc1cc(C(=O)Nc2ccc(CN)cc2)ccc1C(=O)Nc1ccc(C2=CCNCC2)cc1. The summed E-state index contributed by atoms with van der Waals surface area (Å²) in [6, 6.07) is 20.4. The summed E-state index contributed by atoms with van der Waals surface area (Å²) >= 11 is 0. The van der Waals surface area contributed by atoms with Gasteiger partial charge in [0.05, 0.1) is 0 Å². The van der Waals surface area contributed by atoms with Crippen LogP contribution in [0, 0.1) is 6.92 Å². The van der Waals surface area contributed by atoms with Gasteiger partial charge in [-0.2, -0.15) is 0 Å². The third-order valence-electron chi connectivity index (χ3n) is 5.76. The van der Waals surface area contributed by atoms with Crippen molar-refractivity contribution in [2.75, 3.05) is 23.7 Å². The molecular formula is C27H28N4O2. The first-order chi connectivity index (χ1) is 16.0. The van der Waals surface area contributed by atoms with Gasteiger partial charge in [-0.05, 0) is 84.6 Å². The minimum absolute atomic E-state index is 0.203. The van der Waals surface area contributed by atoms with Crippen LogP contribution < -0.4 is 21.7 Å². The highest BCUT2D eigenvalue weighted by Crippen LogP contribution is 2.22. The van der Waals surface area contributed by atoms with Crippen molar-refractivity contribution in [1.29, 1.82) is 0 Å². The third-order valence-corrected chi connectivity index (χ3v) is 5.76. The molecule has 5 N–H and O–H groups in total. The fourth-order valence-electron chi connectivity index (χ4n) is 3.84. The first kappa shape index (κ1) is 22.5. The number of nitrogens with one attached hydrogen (secondary N) is 3. The molecule has 33 heavy (non-hydrogen) atoms. The van der Waals surface area contributed by atoms with Crippen molar-refractivity contribution in [3.63, 3.8) is 0 Å². The Balaban J connectivity index is 1.41. The number of anilines is 2. The van der Waals surface area contributed by atoms with E-state index in [4.69, 9.17) is 5.73 Å². The highest BCUT2D eigenvalue weighted by atomic mass is 16.2. The number of aryl methyl sites for hydroxylation is 1. The second-order valence-corrected chi connectivity index (χ2v) is 8.10. The standard InChI is InChI=1S/C27H28N4O2/c1-18-16-22(26(32)30-23-7-2-19(17-28)3-8-23)6-11-25(18)27(33)31-24-9-4-20(5-10-24)21-12-14-29-15-13-21/h2-12,16,29H,13-15,17,28H2,1H3,(H,30,32)(H,31,33). The Labute approximate surface area is 193 Å². The van der Waals surface area contributed by atoms with E-state index in [-0.39, 0.29) is 11.8 Å². The Morgan fingerprint density at radius 2 is 1.58 bits per heavy atom. The molecule has 1 aliphatic heterocycles. The summed E-state index contributed by atoms with van der Waals surface area (Å²) in [6.07, 6.45) is 3.21. The molecule has 0 aromatic heterocycles. The van der Waals surface area contributed by atoms with Gasteiger partial charge < -0.3 is 21.7 Å². The van der Waals surface area contributed by atoms with E-state index in [0.717, 1.165) is 36.3 Å². The van der Waals surface area contributed by atoms with E-state index in [1.807, 2.05) is 55.5 Å². The molecule has 0 saturated heterocycles. The Hall–Kier alpha value is -3.74. The molecule has 0 fully saturated rings. The van der Waals surface area contributed by atoms with Crippen LogP contribution in [-0.2, 0) is 6.54 Å². The van der Waals surface area contributed by atoms with E-state index in [1.165, 1.54) is 11.1 Å². The van der Waals surface area contributed by atoms with Gasteiger partial charge in [0.1, 0.15) is 0 Å². The van der Waals surface area contributed by atoms with E-state index in [0.29, 0.717) is 23.4 Å². The summed E-state index contributed by atoms with van der Waals surface area (Å²) in [5, 5.41) is 9.13. The van der Waals surface area contributed by atoms with E-state index in [9.17, 15) is 9.59 Å². The number of hydrogen-bond acceptors (Lipinski definition) is 4. The van der Waals surface area contributed by atoms with Gasteiger partial charge in [-0.3, -0.25) is 9.59 Å². The van der Waals surface area contributed by atoms with Gasteiger partial charge in [0.25, 0.3) is 11.8 Å². The van der Waals surface area contributed by atoms with Crippen molar-refractivity contribution in [2.24, 2.45) is 5.73 Å². The molecule has 0 saturated carbocycles. The molecule has 6 nitrogen and oxygen atoms in total. The number of carbonyl (C=O) groups excluding carboxylic acids is 2. The van der Waals surface area contributed by atoms with Crippen molar-refractivity contribution in [2.45, 2.75) is 19.9 Å². The quantitative estimate of drug-likeness (QED) is 0.459. The Morgan fingerprint density at radius 3 is 2.18 bits per heavy atom. The lowest BCUT2D eigenvalue weighted by Crippen LogP contribution is -2.20. The first-order valence-electron chi connectivity index (χ1n) is 11.1. The molecule has 1 heterocycles. The molecule has 4 rings (SSSR count). The molecule has 168 valence electrons. The Morgan fingerprint density at radius 1 is 0.909 bits per heavy atom. The lowest BCUT2D eigenvalue weighted by atomic mass is 10.00. The monoisotopic (exact) mass is 440 g/mol. The minimum Gasteiger partial charge on any atom is -0.326 e. The molecule has 0 bridgehead atoms. The van der Waals surface area contributed by atoms with Gasteiger partial charge in [0.2, 0.25) is 0 Å². The largest absolute Gasteiger partial charge is 0.326 e. The zero-order valence-corrected chi connectivity index (χ0v) is 18.7. The maximum absolute atomic E-state index is 12.8. The van der Waals surface area contributed by atoms with E-state index < -0.39 is 0 Å². The van der Waals surface area contributed by atoms with Crippen LogP contribution in [0.2, 0.25) is 0 Å². The molecular weight excluding hydrogens is 412 g/mol. The highest BCUT2D eigenvalue weighted by molar-refractivity contribution is 6.08. The normalized spacial score (nSPS) is 13.2. The third kappa shape index (κ3) is 5.55. The lowest BCUT2D eigenvalue weighted by molar-refractivity contribution is 0.101. The van der Waals surface area contributed by atoms with Crippen LogP contribution in [0.25, 0.3) is 5.57 Å². The average Bonchev–Trinajstić information content (AvgIpc) is 2.85. The predicted molar refractivity (Wildman–Crippen MR) is 133 cm³/mol. The molecule has 1 aliphatic rings. The van der Waals surface area contributed by atoms with Crippen LogP contribution in [0.5, 0.6) is 0 Å². The van der Waals surface area contributed by atoms with Gasteiger partial charge in [-0.15, -0.1) is 0 Å². The fraction of sp³-hybridized carbons (Fsp3) is 0.185. The maximum Gasteiger partial charge on any atom is 0.255 e. The molecule has 0 spiro atoms. The van der Waals surface area contributed by atoms with Crippen molar-refractivity contribution >= 4 is 28.8 Å². The number of hydrogen-bond donors (Lipinski definition) is 4. The van der Waals surface area contributed by atoms with E-state index in [1.54, 1.807) is 18.2 Å². The summed E-state index contributed by atoms with van der Waals surface area (Å²) in [5.41, 5.74) is 12.3. The molecule has 0 aliphatic carbocycles. The van der Waals surface area contributed by atoms with E-state index >= 15 is 0 Å². The summed E-state index contributed by atoms with van der Waals surface area (Å²) < 4.78 is 0. The number of nitrogens with two attached hydrogens (primary N) is 1. The second-order valence-electron chi connectivity index (χ2n) is 8.10. The topological polar surface area (TPSA) is 96.2 Å². The second kappa shape index (κ2) is 10.3.